The molecular weight excluding hydrogens is 913 g/mol. The number of nitrogens with two attached hydrogens (primary N) is 2. The van der Waals surface area contributed by atoms with Gasteiger partial charge in [-0.15, -0.1) is 0 Å². The van der Waals surface area contributed by atoms with Crippen molar-refractivity contribution in [3.8, 4) is 34.5 Å². The molecule has 0 radical (unpaired) electrons. The molecule has 0 aliphatic carbocycles. The van der Waals surface area contributed by atoms with Crippen molar-refractivity contribution in [3.63, 3.8) is 0 Å². The number of benzene rings is 6. The number of rotatable bonds is 22. The molecule has 0 fully saturated rings. The predicted molar refractivity (Wildman–Crippen MR) is 288 cm³/mol. The van der Waals surface area contributed by atoms with Crippen molar-refractivity contribution in [3.05, 3.63) is 161 Å². The number of phenols is 3. The zero-order chi connectivity index (χ0) is 53.0. The molecule has 2 amide bonds. The van der Waals surface area contributed by atoms with Gasteiger partial charge in [0.25, 0.3) is 0 Å². The smallest absolute Gasteiger partial charge is 0.211 e. The third kappa shape index (κ3) is 21.8. The number of nitrogen functional groups attached to an aromatic ring is 1. The van der Waals surface area contributed by atoms with Gasteiger partial charge in [0.05, 0.1) is 50.6 Å². The molecule has 0 aromatic heterocycles. The zero-order valence-electron chi connectivity index (χ0n) is 42.8. The van der Waals surface area contributed by atoms with E-state index in [-0.39, 0.29) is 23.3 Å². The van der Waals surface area contributed by atoms with Crippen LogP contribution in [0.1, 0.15) is 99.0 Å². The lowest BCUT2D eigenvalue weighted by molar-refractivity contribution is -0.106. The largest absolute Gasteiger partial charge is 0.506 e. The molecule has 0 saturated carbocycles. The SMILES string of the molecule is COc1ccc(C[C@@H](C)CCCc2ccc(O)c(NC=O)c2)cc1.COc1ccc(C[C@@H](C)CC[C@H](O)c2ccc(O)c(N)c2)cc1.COc1ccc(C[C@@H](C)N)cc1.C[C@H](O)c1ccc(O)c(NC=O)c1. The number of anilines is 3. The lowest BCUT2D eigenvalue weighted by atomic mass is 9.93. The van der Waals surface area contributed by atoms with E-state index >= 15 is 0 Å². The molecule has 14 nitrogen and oxygen atoms in total. The quantitative estimate of drug-likeness (QED) is 0.0175. The number of ether oxygens (including phenoxy) is 3. The van der Waals surface area contributed by atoms with Crippen LogP contribution in [-0.4, -0.2) is 65.7 Å². The van der Waals surface area contributed by atoms with Crippen molar-refractivity contribution in [1.82, 2.24) is 0 Å². The van der Waals surface area contributed by atoms with Crippen LogP contribution in [0.2, 0.25) is 0 Å². The number of aliphatic hydroxyl groups is 2. The number of phenolic OH excluding ortho intramolecular Hbond substituents is 3. The Bertz CT molecular complexity index is 2480. The van der Waals surface area contributed by atoms with Crippen molar-refractivity contribution < 1.29 is 49.3 Å². The average Bonchev–Trinajstić information content (AvgIpc) is 3.37. The highest BCUT2D eigenvalue weighted by atomic mass is 16.5. The summed E-state index contributed by atoms with van der Waals surface area (Å²) >= 11 is 0. The van der Waals surface area contributed by atoms with Gasteiger partial charge < -0.3 is 61.8 Å². The number of nitrogens with one attached hydrogen (secondary N) is 2. The summed E-state index contributed by atoms with van der Waals surface area (Å²) in [6.07, 6.45) is 7.53. The second-order valence-corrected chi connectivity index (χ2v) is 18.0. The molecule has 0 spiro atoms. The summed E-state index contributed by atoms with van der Waals surface area (Å²) in [7, 11) is 5.01. The zero-order valence-corrected chi connectivity index (χ0v) is 42.8. The maximum atomic E-state index is 10.5. The van der Waals surface area contributed by atoms with Crippen molar-refractivity contribution >= 4 is 29.9 Å². The summed E-state index contributed by atoms with van der Waals surface area (Å²) in [4.78, 5) is 20.6. The molecule has 5 atom stereocenters. The van der Waals surface area contributed by atoms with Gasteiger partial charge in [0.2, 0.25) is 12.8 Å². The highest BCUT2D eigenvalue weighted by molar-refractivity contribution is 5.76. The number of hydrogen-bond donors (Lipinski definition) is 9. The highest BCUT2D eigenvalue weighted by Crippen LogP contribution is 2.30. The highest BCUT2D eigenvalue weighted by Gasteiger charge is 2.13. The number of aromatic hydroxyl groups is 3. The molecule has 6 aromatic rings. The van der Waals surface area contributed by atoms with Crippen LogP contribution in [0.4, 0.5) is 17.1 Å². The Morgan fingerprint density at radius 1 is 0.514 bits per heavy atom. The summed E-state index contributed by atoms with van der Waals surface area (Å²) in [6, 6.07) is 39.3. The van der Waals surface area contributed by atoms with Gasteiger partial charge >= 0.3 is 0 Å². The van der Waals surface area contributed by atoms with Crippen LogP contribution in [0, 0.1) is 11.8 Å². The van der Waals surface area contributed by atoms with Gasteiger partial charge in [0.15, 0.2) is 0 Å². The van der Waals surface area contributed by atoms with Crippen LogP contribution in [-0.2, 0) is 35.3 Å². The fraction of sp³-hybridized carbons (Fsp3) is 0.345. The standard InChI is InChI=1S/C20H25NO3.C19H25NO3.C10H15NO.C9H11NO3/c1-15(12-17-6-9-18(24-2)10-7-17)4-3-5-16-8-11-20(23)19(13-16)21-14-22;1-13(11-14-4-7-16(23-2)8-5-14)3-9-18(21)15-6-10-19(22)17(20)12-15;1-8(11)7-9-3-5-10(12-2)6-4-9;1-6(12)7-2-3-9(13)8(4-7)10-5-11/h6-11,13-15,23H,3-5,12H2,1-2H3,(H,21,22);4-8,10,12-13,18,21-22H,3,9,11,20H2,1-2H3;3-6,8H,7,11H2,1-2H3;2-6,12-13H,1H3,(H,10,11)/t15-;13-,18-;8-;6-/m0010/s1. The minimum Gasteiger partial charge on any atom is -0.506 e. The fourth-order valence-electron chi connectivity index (χ4n) is 7.62. The van der Waals surface area contributed by atoms with E-state index in [4.69, 9.17) is 25.7 Å². The number of methoxy groups -OCH3 is 3. The van der Waals surface area contributed by atoms with Crippen molar-refractivity contribution in [2.45, 2.75) is 97.3 Å². The summed E-state index contributed by atoms with van der Waals surface area (Å²) < 4.78 is 15.4. The van der Waals surface area contributed by atoms with Crippen LogP contribution < -0.4 is 36.3 Å². The monoisotopic (exact) mass is 989 g/mol. The van der Waals surface area contributed by atoms with Gasteiger partial charge in [0, 0.05) is 6.04 Å². The van der Waals surface area contributed by atoms with E-state index in [1.54, 1.807) is 52.5 Å². The Balaban J connectivity index is 0.000000265. The fourth-order valence-corrected chi connectivity index (χ4v) is 7.62. The molecule has 11 N–H and O–H groups in total. The third-order valence-corrected chi connectivity index (χ3v) is 11.7. The first-order chi connectivity index (χ1) is 34.5. The van der Waals surface area contributed by atoms with E-state index in [2.05, 4.69) is 48.7 Å². The van der Waals surface area contributed by atoms with Crippen LogP contribution in [0.25, 0.3) is 0 Å². The lowest BCUT2D eigenvalue weighted by Gasteiger charge is -2.16. The number of aliphatic hydroxyl groups excluding tert-OH is 2. The van der Waals surface area contributed by atoms with Crippen LogP contribution in [0.15, 0.2) is 127 Å². The van der Waals surface area contributed by atoms with Gasteiger partial charge in [-0.2, -0.15) is 0 Å². The Morgan fingerprint density at radius 3 is 1.38 bits per heavy atom. The maximum absolute atomic E-state index is 10.5. The third-order valence-electron chi connectivity index (χ3n) is 11.7. The summed E-state index contributed by atoms with van der Waals surface area (Å²) in [5, 5.41) is 52.6. The van der Waals surface area contributed by atoms with Gasteiger partial charge in [-0.1, -0.05) is 74.9 Å². The minimum atomic E-state index is -0.618. The van der Waals surface area contributed by atoms with E-state index < -0.39 is 12.2 Å². The molecule has 6 aromatic carbocycles. The van der Waals surface area contributed by atoms with Crippen molar-refractivity contribution in [2.24, 2.45) is 17.6 Å². The normalized spacial score (nSPS) is 12.5. The van der Waals surface area contributed by atoms with Gasteiger partial charge in [-0.25, -0.2) is 0 Å². The van der Waals surface area contributed by atoms with E-state index in [0.29, 0.717) is 53.7 Å². The van der Waals surface area contributed by atoms with Crippen molar-refractivity contribution in [1.29, 1.82) is 0 Å². The van der Waals surface area contributed by atoms with E-state index in [9.17, 15) is 35.1 Å². The first kappa shape index (κ1) is 59.1. The molecule has 388 valence electrons. The van der Waals surface area contributed by atoms with Gasteiger partial charge in [-0.05, 0) is 177 Å². The first-order valence-electron chi connectivity index (χ1n) is 24.1. The molecule has 0 unspecified atom stereocenters. The molecule has 72 heavy (non-hydrogen) atoms. The number of aryl methyl sites for hydroxylation is 1. The number of hydrogen-bond acceptors (Lipinski definition) is 12. The second kappa shape index (κ2) is 31.9. The Kier molecular flexibility index (Phi) is 26.1. The number of amides is 2. The first-order valence-corrected chi connectivity index (χ1v) is 24.1. The van der Waals surface area contributed by atoms with Crippen molar-refractivity contribution in [2.75, 3.05) is 37.7 Å². The molecule has 0 heterocycles. The summed E-state index contributed by atoms with van der Waals surface area (Å²) in [5.74, 6) is 3.84. The number of carbonyl (C=O) groups is 2. The van der Waals surface area contributed by atoms with E-state index in [1.165, 1.54) is 34.9 Å². The topological polar surface area (TPSA) is 239 Å². The van der Waals surface area contributed by atoms with Crippen LogP contribution >= 0.6 is 0 Å². The van der Waals surface area contributed by atoms with Crippen LogP contribution in [0.5, 0.6) is 34.5 Å². The molecule has 0 aliphatic heterocycles. The predicted octanol–water partition coefficient (Wildman–Crippen LogP) is 10.4. The second-order valence-electron chi connectivity index (χ2n) is 18.0. The average molecular weight is 989 g/mol. The minimum absolute atomic E-state index is 0.0171. The summed E-state index contributed by atoms with van der Waals surface area (Å²) in [5.41, 5.74) is 18.7. The molecule has 0 bridgehead atoms. The Morgan fingerprint density at radius 2 is 0.931 bits per heavy atom. The lowest BCUT2D eigenvalue weighted by Crippen LogP contribution is -2.17. The van der Waals surface area contributed by atoms with E-state index in [0.717, 1.165) is 73.3 Å². The Hall–Kier alpha value is -7.26. The number of carbonyl (C=O) groups excluding carboxylic acids is 2. The maximum Gasteiger partial charge on any atom is 0.211 e. The van der Waals surface area contributed by atoms with Gasteiger partial charge in [0.1, 0.15) is 34.5 Å². The van der Waals surface area contributed by atoms with Gasteiger partial charge in [-0.3, -0.25) is 9.59 Å². The molecular formula is C58H76N4O10. The molecule has 14 heteroatoms. The molecule has 0 aliphatic rings. The molecule has 0 saturated heterocycles. The summed E-state index contributed by atoms with van der Waals surface area (Å²) in [6.45, 7) is 8.06. The molecule has 6 rings (SSSR count). The van der Waals surface area contributed by atoms with Crippen LogP contribution in [0.3, 0.4) is 0 Å². The van der Waals surface area contributed by atoms with E-state index in [1.807, 2.05) is 67.6 Å². The Labute approximate surface area is 425 Å².